The highest BCUT2D eigenvalue weighted by Crippen LogP contribution is 2.23. The van der Waals surface area contributed by atoms with Crippen LogP contribution in [-0.2, 0) is 13.0 Å². The molecule has 3 aromatic carbocycles. The Bertz CT molecular complexity index is 1500. The summed E-state index contributed by atoms with van der Waals surface area (Å²) in [5.74, 6) is 0.742. The minimum Gasteiger partial charge on any atom is -0.338 e. The third-order valence-corrected chi connectivity index (χ3v) is 7.24. The van der Waals surface area contributed by atoms with E-state index in [1.807, 2.05) is 85.5 Å². The summed E-state index contributed by atoms with van der Waals surface area (Å²) in [5, 5.41) is 0.569. The summed E-state index contributed by atoms with van der Waals surface area (Å²) in [5.41, 5.74) is 10.4. The van der Waals surface area contributed by atoms with Gasteiger partial charge < -0.3 is 10.6 Å². The summed E-state index contributed by atoms with van der Waals surface area (Å²) in [6, 6.07) is 24.9. The molecular weight excluding hydrogens is 520 g/mol. The highest BCUT2D eigenvalue weighted by atomic mass is 35.5. The first-order valence-corrected chi connectivity index (χ1v) is 14.1. The Labute approximate surface area is 241 Å². The summed E-state index contributed by atoms with van der Waals surface area (Å²) in [7, 11) is 0. The SMILES string of the molecule is Cc1ccc(C(=O)N(CCCN)CC(C)Cc2nc(C)c(-c3cccc(Cl)c3)c(=O)n2Cc2ccccc2)cc1. The molecule has 40 heavy (non-hydrogen) atoms. The van der Waals surface area contributed by atoms with Crippen LogP contribution in [0.3, 0.4) is 0 Å². The number of hydrogen-bond acceptors (Lipinski definition) is 4. The average Bonchev–Trinajstić information content (AvgIpc) is 2.94. The molecule has 0 bridgehead atoms. The number of aromatic nitrogens is 2. The van der Waals surface area contributed by atoms with E-state index >= 15 is 0 Å². The van der Waals surface area contributed by atoms with Gasteiger partial charge in [-0.2, -0.15) is 0 Å². The summed E-state index contributed by atoms with van der Waals surface area (Å²) in [4.78, 5) is 34.2. The highest BCUT2D eigenvalue weighted by molar-refractivity contribution is 6.30. The Hall–Kier alpha value is -3.74. The lowest BCUT2D eigenvalue weighted by atomic mass is 10.0. The van der Waals surface area contributed by atoms with E-state index in [4.69, 9.17) is 22.3 Å². The van der Waals surface area contributed by atoms with Gasteiger partial charge in [0.25, 0.3) is 11.5 Å². The molecule has 0 radical (unpaired) electrons. The number of aryl methyl sites for hydroxylation is 2. The monoisotopic (exact) mass is 556 g/mol. The number of carbonyl (C=O) groups is 1. The molecule has 4 rings (SSSR count). The number of benzene rings is 3. The van der Waals surface area contributed by atoms with Crippen molar-refractivity contribution < 1.29 is 4.79 Å². The maximum Gasteiger partial charge on any atom is 0.261 e. The molecule has 0 fully saturated rings. The second-order valence-electron chi connectivity index (χ2n) is 10.4. The van der Waals surface area contributed by atoms with Crippen molar-refractivity contribution in [3.8, 4) is 11.1 Å². The van der Waals surface area contributed by atoms with E-state index in [-0.39, 0.29) is 17.4 Å². The quantitative estimate of drug-likeness (QED) is 0.249. The van der Waals surface area contributed by atoms with Crippen LogP contribution in [0.25, 0.3) is 11.1 Å². The van der Waals surface area contributed by atoms with Gasteiger partial charge in [-0.25, -0.2) is 4.98 Å². The Morgan fingerprint density at radius 3 is 2.42 bits per heavy atom. The molecular formula is C33H37ClN4O2. The van der Waals surface area contributed by atoms with Crippen molar-refractivity contribution in [1.82, 2.24) is 14.5 Å². The second kappa shape index (κ2) is 13.6. The van der Waals surface area contributed by atoms with Gasteiger partial charge in [0.2, 0.25) is 0 Å². The van der Waals surface area contributed by atoms with Crippen LogP contribution in [0.15, 0.2) is 83.7 Å². The first-order chi connectivity index (χ1) is 19.3. The van der Waals surface area contributed by atoms with Gasteiger partial charge in [-0.05, 0) is 68.1 Å². The van der Waals surface area contributed by atoms with E-state index in [9.17, 15) is 9.59 Å². The minimum absolute atomic E-state index is 0.0116. The Kier molecular flexibility index (Phi) is 9.91. The Morgan fingerprint density at radius 1 is 1.02 bits per heavy atom. The number of hydrogen-bond donors (Lipinski definition) is 1. The first kappa shape index (κ1) is 29.2. The normalized spacial score (nSPS) is 11.8. The predicted octanol–water partition coefficient (Wildman–Crippen LogP) is 5.90. The molecule has 0 aliphatic carbocycles. The van der Waals surface area contributed by atoms with E-state index in [2.05, 4.69) is 6.92 Å². The topological polar surface area (TPSA) is 81.2 Å². The van der Waals surface area contributed by atoms with Gasteiger partial charge in [-0.15, -0.1) is 0 Å². The summed E-state index contributed by atoms with van der Waals surface area (Å²) < 4.78 is 1.76. The number of nitrogens with zero attached hydrogens (tertiary/aromatic N) is 3. The van der Waals surface area contributed by atoms with Crippen LogP contribution in [0.2, 0.25) is 5.02 Å². The zero-order valence-corrected chi connectivity index (χ0v) is 24.2. The maximum absolute atomic E-state index is 14.0. The molecule has 1 atom stereocenters. The molecule has 1 heterocycles. The number of rotatable bonds is 11. The summed E-state index contributed by atoms with van der Waals surface area (Å²) in [6.07, 6.45) is 1.26. The second-order valence-corrected chi connectivity index (χ2v) is 10.9. The van der Waals surface area contributed by atoms with Crippen molar-refractivity contribution in [1.29, 1.82) is 0 Å². The van der Waals surface area contributed by atoms with E-state index in [1.54, 1.807) is 16.7 Å². The molecule has 6 nitrogen and oxygen atoms in total. The number of nitrogens with two attached hydrogens (primary N) is 1. The molecule has 0 saturated carbocycles. The van der Waals surface area contributed by atoms with Gasteiger partial charge in [-0.1, -0.05) is 78.7 Å². The smallest absolute Gasteiger partial charge is 0.261 e. The van der Waals surface area contributed by atoms with Gasteiger partial charge in [-0.3, -0.25) is 14.2 Å². The highest BCUT2D eigenvalue weighted by Gasteiger charge is 2.22. The van der Waals surface area contributed by atoms with Gasteiger partial charge in [0.05, 0.1) is 17.8 Å². The predicted molar refractivity (Wildman–Crippen MR) is 163 cm³/mol. The average molecular weight is 557 g/mol. The van der Waals surface area contributed by atoms with E-state index in [0.29, 0.717) is 66.7 Å². The number of halogens is 1. The lowest BCUT2D eigenvalue weighted by Gasteiger charge is -2.27. The molecule has 4 aromatic rings. The molecule has 2 N–H and O–H groups in total. The molecule has 0 saturated heterocycles. The summed E-state index contributed by atoms with van der Waals surface area (Å²) in [6.45, 7) is 7.98. The van der Waals surface area contributed by atoms with Crippen molar-refractivity contribution in [3.63, 3.8) is 0 Å². The first-order valence-electron chi connectivity index (χ1n) is 13.7. The third-order valence-electron chi connectivity index (χ3n) is 7.01. The molecule has 0 spiro atoms. The fraction of sp³-hybridized carbons (Fsp3) is 0.303. The third kappa shape index (κ3) is 7.26. The van der Waals surface area contributed by atoms with Crippen molar-refractivity contribution in [2.45, 2.75) is 40.2 Å². The van der Waals surface area contributed by atoms with Crippen LogP contribution in [0.4, 0.5) is 0 Å². The fourth-order valence-electron chi connectivity index (χ4n) is 4.97. The molecule has 1 unspecified atom stereocenters. The number of amides is 1. The van der Waals surface area contributed by atoms with Crippen molar-refractivity contribution in [3.05, 3.63) is 122 Å². The molecule has 1 aromatic heterocycles. The van der Waals surface area contributed by atoms with Gasteiger partial charge in [0, 0.05) is 30.1 Å². The van der Waals surface area contributed by atoms with Crippen LogP contribution in [-0.4, -0.2) is 40.0 Å². The molecule has 208 valence electrons. The molecule has 7 heteroatoms. The Morgan fingerprint density at radius 2 is 1.75 bits per heavy atom. The van der Waals surface area contributed by atoms with Gasteiger partial charge in [0.1, 0.15) is 5.82 Å². The minimum atomic E-state index is -0.100. The molecule has 0 aliphatic heterocycles. The van der Waals surface area contributed by atoms with Crippen LogP contribution in [0, 0.1) is 19.8 Å². The molecule has 1 amide bonds. The number of carbonyl (C=O) groups excluding carboxylic acids is 1. The Balaban J connectivity index is 1.67. The zero-order chi connectivity index (χ0) is 28.6. The lowest BCUT2D eigenvalue weighted by Crippen LogP contribution is -2.37. The van der Waals surface area contributed by atoms with Crippen LogP contribution in [0.5, 0.6) is 0 Å². The van der Waals surface area contributed by atoms with Crippen molar-refractivity contribution in [2.24, 2.45) is 11.7 Å². The van der Waals surface area contributed by atoms with Crippen LogP contribution in [0.1, 0.15) is 46.3 Å². The maximum atomic E-state index is 14.0. The fourth-order valence-corrected chi connectivity index (χ4v) is 5.16. The largest absolute Gasteiger partial charge is 0.338 e. The summed E-state index contributed by atoms with van der Waals surface area (Å²) >= 11 is 6.26. The van der Waals surface area contributed by atoms with Gasteiger partial charge in [0.15, 0.2) is 0 Å². The van der Waals surface area contributed by atoms with E-state index in [0.717, 1.165) is 16.7 Å². The lowest BCUT2D eigenvalue weighted by molar-refractivity contribution is 0.0730. The standard InChI is InChI=1S/C33H37ClN4O2/c1-23-13-15-27(16-14-23)32(39)37(18-8-17-35)21-24(2)19-30-36-25(3)31(28-11-7-12-29(34)20-28)33(40)38(30)22-26-9-5-4-6-10-26/h4-7,9-16,20,24H,8,17-19,21-22,35H2,1-3H3. The van der Waals surface area contributed by atoms with Gasteiger partial charge >= 0.3 is 0 Å². The van der Waals surface area contributed by atoms with Crippen LogP contribution < -0.4 is 11.3 Å². The van der Waals surface area contributed by atoms with Crippen molar-refractivity contribution in [2.75, 3.05) is 19.6 Å². The van der Waals surface area contributed by atoms with Crippen molar-refractivity contribution >= 4 is 17.5 Å². The molecule has 0 aliphatic rings. The zero-order valence-electron chi connectivity index (χ0n) is 23.4. The van der Waals surface area contributed by atoms with E-state index in [1.165, 1.54) is 0 Å². The van der Waals surface area contributed by atoms with E-state index < -0.39 is 0 Å². The van der Waals surface area contributed by atoms with Crippen LogP contribution >= 0.6 is 11.6 Å².